The summed E-state index contributed by atoms with van der Waals surface area (Å²) in [6.07, 6.45) is 1.38. The van der Waals surface area contributed by atoms with Crippen LogP contribution in [0, 0.1) is 12.8 Å². The van der Waals surface area contributed by atoms with E-state index in [2.05, 4.69) is 5.32 Å². The maximum Gasteiger partial charge on any atom is 0.243 e. The van der Waals surface area contributed by atoms with Crippen LogP contribution >= 0.6 is 0 Å². The van der Waals surface area contributed by atoms with Gasteiger partial charge in [-0.25, -0.2) is 8.42 Å². The van der Waals surface area contributed by atoms with Crippen LogP contribution in [0.3, 0.4) is 0 Å². The van der Waals surface area contributed by atoms with Crippen LogP contribution in [0.4, 0.5) is 0 Å². The van der Waals surface area contributed by atoms with Crippen LogP contribution in [0.2, 0.25) is 0 Å². The molecule has 160 valence electrons. The van der Waals surface area contributed by atoms with Gasteiger partial charge in [-0.2, -0.15) is 4.31 Å². The van der Waals surface area contributed by atoms with Crippen LogP contribution in [0.1, 0.15) is 45.6 Å². The first kappa shape index (κ1) is 21.8. The highest BCUT2D eigenvalue weighted by Gasteiger charge is 2.40. The molecule has 0 bridgehead atoms. The number of amides is 2. The molecule has 8 heteroatoms. The summed E-state index contributed by atoms with van der Waals surface area (Å²) >= 11 is 0. The third-order valence-electron chi connectivity index (χ3n) is 5.76. The third-order valence-corrected chi connectivity index (χ3v) is 7.68. The molecule has 1 aromatic rings. The zero-order valence-corrected chi connectivity index (χ0v) is 18.5. The molecule has 0 aliphatic carbocycles. The largest absolute Gasteiger partial charge is 0.353 e. The van der Waals surface area contributed by atoms with E-state index in [0.29, 0.717) is 37.4 Å². The summed E-state index contributed by atoms with van der Waals surface area (Å²) in [6.45, 7) is 9.01. The van der Waals surface area contributed by atoms with Gasteiger partial charge in [-0.1, -0.05) is 17.7 Å². The van der Waals surface area contributed by atoms with Crippen molar-refractivity contribution >= 4 is 21.8 Å². The van der Waals surface area contributed by atoms with E-state index in [1.165, 1.54) is 4.31 Å². The number of piperidine rings is 1. The van der Waals surface area contributed by atoms with E-state index in [1.54, 1.807) is 29.2 Å². The molecule has 2 amide bonds. The Morgan fingerprint density at radius 2 is 1.69 bits per heavy atom. The Kier molecular flexibility index (Phi) is 6.06. The summed E-state index contributed by atoms with van der Waals surface area (Å²) in [5.41, 5.74) is 0.725. The van der Waals surface area contributed by atoms with Gasteiger partial charge in [0.2, 0.25) is 21.8 Å². The lowest BCUT2D eigenvalue weighted by molar-refractivity contribution is -0.132. The van der Waals surface area contributed by atoms with Gasteiger partial charge in [0, 0.05) is 37.6 Å². The van der Waals surface area contributed by atoms with Gasteiger partial charge in [0.25, 0.3) is 0 Å². The second-order valence-electron chi connectivity index (χ2n) is 9.08. The number of likely N-dealkylation sites (tertiary alicyclic amines) is 1. The second kappa shape index (κ2) is 8.07. The summed E-state index contributed by atoms with van der Waals surface area (Å²) in [5, 5.41) is 3.03. The molecule has 29 heavy (non-hydrogen) atoms. The number of rotatable bonds is 4. The van der Waals surface area contributed by atoms with Crippen molar-refractivity contribution < 1.29 is 18.0 Å². The average molecular weight is 422 g/mol. The first-order chi connectivity index (χ1) is 13.5. The molecule has 2 heterocycles. The van der Waals surface area contributed by atoms with Crippen molar-refractivity contribution in [2.75, 3.05) is 19.6 Å². The molecule has 0 aromatic heterocycles. The van der Waals surface area contributed by atoms with Gasteiger partial charge in [-0.05, 0) is 52.7 Å². The van der Waals surface area contributed by atoms with E-state index in [4.69, 9.17) is 0 Å². The SMILES string of the molecule is Cc1ccc(S(=O)(=O)N2CCC(NC(=O)C3CC(=O)N(C(C)(C)C)C3)CC2)cc1. The van der Waals surface area contributed by atoms with E-state index in [0.717, 1.165) is 5.56 Å². The zero-order chi connectivity index (χ0) is 21.4. The smallest absolute Gasteiger partial charge is 0.243 e. The molecule has 1 unspecified atom stereocenters. The molecule has 1 aromatic carbocycles. The van der Waals surface area contributed by atoms with Crippen LogP contribution in [0.25, 0.3) is 0 Å². The molecule has 2 saturated heterocycles. The van der Waals surface area contributed by atoms with Crippen LogP contribution in [-0.4, -0.2) is 60.7 Å². The summed E-state index contributed by atoms with van der Waals surface area (Å²) < 4.78 is 27.1. The molecule has 1 N–H and O–H groups in total. The van der Waals surface area contributed by atoms with Gasteiger partial charge in [-0.3, -0.25) is 9.59 Å². The first-order valence-electron chi connectivity index (χ1n) is 10.2. The number of benzene rings is 1. The fourth-order valence-electron chi connectivity index (χ4n) is 3.95. The summed E-state index contributed by atoms with van der Waals surface area (Å²) in [7, 11) is -3.51. The average Bonchev–Trinajstić information content (AvgIpc) is 3.05. The van der Waals surface area contributed by atoms with Crippen molar-refractivity contribution in [3.8, 4) is 0 Å². The predicted molar refractivity (Wildman–Crippen MR) is 111 cm³/mol. The van der Waals surface area contributed by atoms with Crippen LogP contribution < -0.4 is 5.32 Å². The van der Waals surface area contributed by atoms with E-state index in [1.807, 2.05) is 27.7 Å². The van der Waals surface area contributed by atoms with E-state index >= 15 is 0 Å². The van der Waals surface area contributed by atoms with Crippen LogP contribution in [-0.2, 0) is 19.6 Å². The fraction of sp³-hybridized carbons (Fsp3) is 0.619. The molecule has 0 saturated carbocycles. The van der Waals surface area contributed by atoms with Crippen molar-refractivity contribution in [3.05, 3.63) is 29.8 Å². The molecule has 3 rings (SSSR count). The Morgan fingerprint density at radius 1 is 1.10 bits per heavy atom. The molecule has 1 atom stereocenters. The Morgan fingerprint density at radius 3 is 2.21 bits per heavy atom. The normalized spacial score (nSPS) is 22.1. The molecule has 2 aliphatic heterocycles. The molecule has 2 fully saturated rings. The van der Waals surface area contributed by atoms with Crippen molar-refractivity contribution in [1.82, 2.24) is 14.5 Å². The van der Waals surface area contributed by atoms with Gasteiger partial charge in [0.15, 0.2) is 0 Å². The van der Waals surface area contributed by atoms with E-state index < -0.39 is 10.0 Å². The highest BCUT2D eigenvalue weighted by Crippen LogP contribution is 2.27. The van der Waals surface area contributed by atoms with Gasteiger partial charge in [-0.15, -0.1) is 0 Å². The minimum Gasteiger partial charge on any atom is -0.353 e. The van der Waals surface area contributed by atoms with Crippen molar-refractivity contribution in [2.24, 2.45) is 5.92 Å². The lowest BCUT2D eigenvalue weighted by Crippen LogP contribution is -2.48. The van der Waals surface area contributed by atoms with Gasteiger partial charge in [0.05, 0.1) is 10.8 Å². The molecule has 0 radical (unpaired) electrons. The predicted octanol–water partition coefficient (Wildman–Crippen LogP) is 1.91. The van der Waals surface area contributed by atoms with Crippen LogP contribution in [0.5, 0.6) is 0 Å². The third kappa shape index (κ3) is 4.80. The minimum atomic E-state index is -3.51. The Balaban J connectivity index is 1.54. The maximum absolute atomic E-state index is 12.8. The highest BCUT2D eigenvalue weighted by molar-refractivity contribution is 7.89. The maximum atomic E-state index is 12.8. The first-order valence-corrected chi connectivity index (χ1v) is 11.6. The van der Waals surface area contributed by atoms with Gasteiger partial charge < -0.3 is 10.2 Å². The number of nitrogens with one attached hydrogen (secondary N) is 1. The Bertz CT molecular complexity index is 866. The number of aryl methyl sites for hydroxylation is 1. The Hall–Kier alpha value is -1.93. The quantitative estimate of drug-likeness (QED) is 0.805. The summed E-state index contributed by atoms with van der Waals surface area (Å²) in [6, 6.07) is 6.80. The van der Waals surface area contributed by atoms with Gasteiger partial charge in [0.1, 0.15) is 0 Å². The standard InChI is InChI=1S/C21H31N3O4S/c1-15-5-7-18(8-6-15)29(27,28)23-11-9-17(10-12-23)22-20(26)16-13-19(25)24(14-16)21(2,3)4/h5-8,16-17H,9-14H2,1-4H3,(H,22,26). The number of nitrogens with zero attached hydrogens (tertiary/aromatic N) is 2. The zero-order valence-electron chi connectivity index (χ0n) is 17.6. The molecular formula is C21H31N3O4S. The number of hydrogen-bond acceptors (Lipinski definition) is 4. The van der Waals surface area contributed by atoms with Gasteiger partial charge >= 0.3 is 0 Å². The van der Waals surface area contributed by atoms with Crippen molar-refractivity contribution in [3.63, 3.8) is 0 Å². The van der Waals surface area contributed by atoms with Crippen LogP contribution in [0.15, 0.2) is 29.2 Å². The molecule has 2 aliphatic rings. The highest BCUT2D eigenvalue weighted by atomic mass is 32.2. The molecule has 7 nitrogen and oxygen atoms in total. The lowest BCUT2D eigenvalue weighted by atomic mass is 10.0. The summed E-state index contributed by atoms with van der Waals surface area (Å²) in [5.74, 6) is -0.433. The minimum absolute atomic E-state index is 0.0108. The summed E-state index contributed by atoms with van der Waals surface area (Å²) in [4.78, 5) is 26.9. The molecule has 0 spiro atoms. The monoisotopic (exact) mass is 421 g/mol. The molecular weight excluding hydrogens is 390 g/mol. The number of sulfonamides is 1. The number of hydrogen-bond donors (Lipinski definition) is 1. The van der Waals surface area contributed by atoms with Crippen molar-refractivity contribution in [1.29, 1.82) is 0 Å². The number of carbonyl (C=O) groups excluding carboxylic acids is 2. The number of carbonyl (C=O) groups is 2. The topological polar surface area (TPSA) is 86.8 Å². The fourth-order valence-corrected chi connectivity index (χ4v) is 5.42. The Labute approximate surface area is 173 Å². The van der Waals surface area contributed by atoms with Crippen molar-refractivity contribution in [2.45, 2.75) is 63.4 Å². The van der Waals surface area contributed by atoms with E-state index in [9.17, 15) is 18.0 Å². The second-order valence-corrected chi connectivity index (χ2v) is 11.0. The van der Waals surface area contributed by atoms with E-state index in [-0.39, 0.29) is 35.7 Å². The lowest BCUT2D eigenvalue weighted by Gasteiger charge is -2.33.